The van der Waals surface area contributed by atoms with Crippen LogP contribution in [-0.2, 0) is 17.9 Å². The predicted molar refractivity (Wildman–Crippen MR) is 112 cm³/mol. The third-order valence-electron chi connectivity index (χ3n) is 4.45. The summed E-state index contributed by atoms with van der Waals surface area (Å²) in [5.74, 6) is 1.88. The molecule has 0 radical (unpaired) electrons. The number of hydrogen-bond acceptors (Lipinski definition) is 6. The van der Waals surface area contributed by atoms with Gasteiger partial charge in [0.2, 0.25) is 0 Å². The third-order valence-corrected chi connectivity index (χ3v) is 4.45. The highest BCUT2D eigenvalue weighted by molar-refractivity contribution is 5.98. The molecule has 0 spiro atoms. The highest BCUT2D eigenvalue weighted by Crippen LogP contribution is 2.25. The number of nitrogen functional groups attached to an aromatic ring is 1. The number of methoxy groups -OCH3 is 1. The largest absolute Gasteiger partial charge is 0.493 e. The van der Waals surface area contributed by atoms with Gasteiger partial charge in [0.25, 0.3) is 5.91 Å². The summed E-state index contributed by atoms with van der Waals surface area (Å²) in [6, 6.07) is 11.0. The monoisotopic (exact) mass is 397 g/mol. The number of carbonyl (C=O) groups excluding carboxylic acids is 1. The molecule has 0 atom stereocenters. The average molecular weight is 397 g/mol. The van der Waals surface area contributed by atoms with E-state index in [4.69, 9.17) is 19.6 Å². The van der Waals surface area contributed by atoms with E-state index < -0.39 is 0 Å². The number of rotatable bonds is 9. The minimum Gasteiger partial charge on any atom is -0.493 e. The Morgan fingerprint density at radius 1 is 1.24 bits per heavy atom. The lowest BCUT2D eigenvalue weighted by Crippen LogP contribution is -2.24. The molecule has 0 aliphatic rings. The fraction of sp³-hybridized carbons (Fsp3) is 0.364. The summed E-state index contributed by atoms with van der Waals surface area (Å²) in [5.41, 5.74) is 7.61. The normalized spacial score (nSPS) is 11.2. The van der Waals surface area contributed by atoms with Gasteiger partial charge in [-0.05, 0) is 42.7 Å². The van der Waals surface area contributed by atoms with E-state index in [1.54, 1.807) is 19.2 Å². The van der Waals surface area contributed by atoms with Gasteiger partial charge in [0, 0.05) is 18.6 Å². The van der Waals surface area contributed by atoms with E-state index in [2.05, 4.69) is 24.1 Å². The molecule has 0 aliphatic heterocycles. The van der Waals surface area contributed by atoms with E-state index in [9.17, 15) is 4.79 Å². The summed E-state index contributed by atoms with van der Waals surface area (Å²) < 4.78 is 16.6. The summed E-state index contributed by atoms with van der Waals surface area (Å²) in [6.07, 6.45) is 0.998. The Labute approximate surface area is 170 Å². The van der Waals surface area contributed by atoms with Crippen LogP contribution in [0.2, 0.25) is 0 Å². The maximum absolute atomic E-state index is 12.4. The standard InChI is InChI=1S/C22H27N3O4/c1-14(2)8-9-28-17-6-4-15-10-18(29-20(15)11-17)12-24-22(26)19-7-5-16(13-27-3)25-21(19)23/h4-7,10-11,14H,8-9,12-13H2,1-3H3,(H2,23,25)(H,24,26). The third kappa shape index (κ3) is 5.48. The van der Waals surface area contributed by atoms with Crippen molar-refractivity contribution in [3.63, 3.8) is 0 Å². The van der Waals surface area contributed by atoms with Crippen molar-refractivity contribution in [2.24, 2.45) is 5.92 Å². The second-order valence-corrected chi connectivity index (χ2v) is 7.29. The van der Waals surface area contributed by atoms with Crippen LogP contribution < -0.4 is 15.8 Å². The minimum absolute atomic E-state index is 0.171. The van der Waals surface area contributed by atoms with Crippen LogP contribution >= 0.6 is 0 Å². The van der Waals surface area contributed by atoms with Crippen LogP contribution in [-0.4, -0.2) is 24.6 Å². The van der Waals surface area contributed by atoms with Crippen molar-refractivity contribution in [3.05, 3.63) is 53.4 Å². The van der Waals surface area contributed by atoms with E-state index in [1.807, 2.05) is 24.3 Å². The number of benzene rings is 1. The number of nitrogens with one attached hydrogen (secondary N) is 1. The molecule has 0 unspecified atom stereocenters. The fourth-order valence-electron chi connectivity index (χ4n) is 2.86. The number of carbonyl (C=O) groups is 1. The lowest BCUT2D eigenvalue weighted by atomic mass is 10.1. The summed E-state index contributed by atoms with van der Waals surface area (Å²) in [5, 5.41) is 3.77. The molecule has 0 fully saturated rings. The van der Waals surface area contributed by atoms with Crippen molar-refractivity contribution in [1.29, 1.82) is 0 Å². The van der Waals surface area contributed by atoms with Crippen LogP contribution in [0.15, 0.2) is 40.8 Å². The van der Waals surface area contributed by atoms with Gasteiger partial charge in [-0.3, -0.25) is 4.79 Å². The van der Waals surface area contributed by atoms with E-state index >= 15 is 0 Å². The van der Waals surface area contributed by atoms with Gasteiger partial charge in [-0.2, -0.15) is 0 Å². The van der Waals surface area contributed by atoms with Gasteiger partial charge in [0.05, 0.1) is 31.0 Å². The molecule has 0 saturated heterocycles. The number of furan rings is 1. The number of anilines is 1. The van der Waals surface area contributed by atoms with Crippen LogP contribution in [0.1, 0.15) is 42.1 Å². The van der Waals surface area contributed by atoms with Gasteiger partial charge < -0.3 is 24.9 Å². The second-order valence-electron chi connectivity index (χ2n) is 7.29. The Balaban J connectivity index is 1.62. The first-order valence-electron chi connectivity index (χ1n) is 9.64. The molecule has 3 rings (SSSR count). The molecule has 0 bridgehead atoms. The molecule has 0 aliphatic carbocycles. The van der Waals surface area contributed by atoms with Crippen LogP contribution in [0.3, 0.4) is 0 Å². The number of hydrogen-bond donors (Lipinski definition) is 2. The molecule has 7 heteroatoms. The zero-order valence-electron chi connectivity index (χ0n) is 17.0. The molecule has 154 valence electrons. The maximum Gasteiger partial charge on any atom is 0.255 e. The van der Waals surface area contributed by atoms with Crippen LogP contribution in [0, 0.1) is 5.92 Å². The Kier molecular flexibility index (Phi) is 6.72. The van der Waals surface area contributed by atoms with Crippen molar-refractivity contribution in [2.75, 3.05) is 19.5 Å². The van der Waals surface area contributed by atoms with Crippen LogP contribution in [0.25, 0.3) is 11.0 Å². The lowest BCUT2D eigenvalue weighted by Gasteiger charge is -2.07. The maximum atomic E-state index is 12.4. The Morgan fingerprint density at radius 2 is 2.07 bits per heavy atom. The molecule has 2 aromatic heterocycles. The highest BCUT2D eigenvalue weighted by Gasteiger charge is 2.13. The molecule has 3 N–H and O–H groups in total. The number of amides is 1. The predicted octanol–water partition coefficient (Wildman–Crippen LogP) is 3.91. The molecule has 0 saturated carbocycles. The molecule has 2 heterocycles. The van der Waals surface area contributed by atoms with Crippen molar-refractivity contribution in [2.45, 2.75) is 33.4 Å². The van der Waals surface area contributed by atoms with Gasteiger partial charge in [-0.15, -0.1) is 0 Å². The number of aromatic nitrogens is 1. The number of fused-ring (bicyclic) bond motifs is 1. The molecule has 1 aromatic carbocycles. The molecular formula is C22H27N3O4. The number of nitrogens with zero attached hydrogens (tertiary/aromatic N) is 1. The zero-order valence-corrected chi connectivity index (χ0v) is 17.0. The Morgan fingerprint density at radius 3 is 2.79 bits per heavy atom. The molecular weight excluding hydrogens is 370 g/mol. The molecule has 29 heavy (non-hydrogen) atoms. The quantitative estimate of drug-likeness (QED) is 0.568. The molecule has 1 amide bonds. The Hall–Kier alpha value is -3.06. The van der Waals surface area contributed by atoms with Crippen LogP contribution in [0.5, 0.6) is 5.75 Å². The summed E-state index contributed by atoms with van der Waals surface area (Å²) in [4.78, 5) is 16.6. The summed E-state index contributed by atoms with van der Waals surface area (Å²) in [6.45, 7) is 5.59. The smallest absolute Gasteiger partial charge is 0.255 e. The molecule has 3 aromatic rings. The fourth-order valence-corrected chi connectivity index (χ4v) is 2.86. The zero-order chi connectivity index (χ0) is 20.8. The first-order valence-corrected chi connectivity index (χ1v) is 9.64. The average Bonchev–Trinajstić information content (AvgIpc) is 3.08. The van der Waals surface area contributed by atoms with E-state index in [0.29, 0.717) is 36.1 Å². The topological polar surface area (TPSA) is 99.6 Å². The van der Waals surface area contributed by atoms with Gasteiger partial charge in [-0.25, -0.2) is 4.98 Å². The van der Waals surface area contributed by atoms with Crippen molar-refractivity contribution in [1.82, 2.24) is 10.3 Å². The van der Waals surface area contributed by atoms with E-state index in [-0.39, 0.29) is 18.3 Å². The molecule has 7 nitrogen and oxygen atoms in total. The Bertz CT molecular complexity index is 981. The van der Waals surface area contributed by atoms with Gasteiger partial charge in [0.15, 0.2) is 0 Å². The van der Waals surface area contributed by atoms with Crippen molar-refractivity contribution in [3.8, 4) is 5.75 Å². The van der Waals surface area contributed by atoms with E-state index in [1.165, 1.54) is 0 Å². The SMILES string of the molecule is COCc1ccc(C(=O)NCc2cc3ccc(OCCC(C)C)cc3o2)c(N)n1. The van der Waals surface area contributed by atoms with E-state index in [0.717, 1.165) is 23.1 Å². The lowest BCUT2D eigenvalue weighted by molar-refractivity contribution is 0.0948. The van der Waals surface area contributed by atoms with Crippen molar-refractivity contribution >= 4 is 22.7 Å². The number of ether oxygens (including phenoxy) is 2. The van der Waals surface area contributed by atoms with Gasteiger partial charge in [-0.1, -0.05) is 13.8 Å². The highest BCUT2D eigenvalue weighted by atomic mass is 16.5. The number of pyridine rings is 1. The van der Waals surface area contributed by atoms with Gasteiger partial charge >= 0.3 is 0 Å². The summed E-state index contributed by atoms with van der Waals surface area (Å²) in [7, 11) is 1.58. The van der Waals surface area contributed by atoms with Gasteiger partial charge in [0.1, 0.15) is 22.9 Å². The minimum atomic E-state index is -0.308. The van der Waals surface area contributed by atoms with Crippen molar-refractivity contribution < 1.29 is 18.7 Å². The first kappa shape index (κ1) is 20.7. The second kappa shape index (κ2) is 9.43. The number of nitrogens with two attached hydrogens (primary N) is 1. The summed E-state index contributed by atoms with van der Waals surface area (Å²) >= 11 is 0. The first-order chi connectivity index (χ1) is 14.0. The van der Waals surface area contributed by atoms with Crippen LogP contribution in [0.4, 0.5) is 5.82 Å².